The molecule has 1 aromatic rings. The van der Waals surface area contributed by atoms with Gasteiger partial charge in [0.2, 0.25) is 6.54 Å². The van der Waals surface area contributed by atoms with Crippen molar-refractivity contribution in [2.45, 2.75) is 25.7 Å². The Morgan fingerprint density at radius 3 is 2.44 bits per heavy atom. The quantitative estimate of drug-likeness (QED) is 0.420. The Labute approximate surface area is 94.4 Å². The Hall–Kier alpha value is -1.71. The third-order valence-corrected chi connectivity index (χ3v) is 2.60. The molecule has 0 aromatic heterocycles. The van der Waals surface area contributed by atoms with E-state index in [1.807, 2.05) is 24.3 Å². The highest BCUT2D eigenvalue weighted by Gasteiger charge is 2.13. The molecule has 86 valence electrons. The fourth-order valence-electron chi connectivity index (χ4n) is 1.56. The van der Waals surface area contributed by atoms with E-state index in [0.717, 1.165) is 18.3 Å². The van der Waals surface area contributed by atoms with E-state index in [-0.39, 0.29) is 18.9 Å². The van der Waals surface area contributed by atoms with Gasteiger partial charge in [-0.1, -0.05) is 31.2 Å². The summed E-state index contributed by atoms with van der Waals surface area (Å²) >= 11 is 0. The fourth-order valence-corrected chi connectivity index (χ4v) is 1.56. The topological polar surface area (TPSA) is 60.2 Å². The Bertz CT molecular complexity index is 359. The maximum Gasteiger partial charge on any atom is 0.204 e. The third-order valence-electron chi connectivity index (χ3n) is 2.60. The molecule has 0 saturated carbocycles. The minimum atomic E-state index is -0.392. The van der Waals surface area contributed by atoms with E-state index in [2.05, 4.69) is 6.92 Å². The first-order valence-electron chi connectivity index (χ1n) is 5.33. The van der Waals surface area contributed by atoms with E-state index < -0.39 is 4.92 Å². The minimum Gasteiger partial charge on any atom is -0.303 e. The van der Waals surface area contributed by atoms with Crippen LogP contribution in [0, 0.1) is 10.1 Å². The summed E-state index contributed by atoms with van der Waals surface area (Å²) in [5.74, 6) is -0.365. The molecule has 0 bridgehead atoms. The van der Waals surface area contributed by atoms with Gasteiger partial charge in [0, 0.05) is 17.3 Å². The van der Waals surface area contributed by atoms with Crippen molar-refractivity contribution in [1.29, 1.82) is 0 Å². The monoisotopic (exact) mass is 221 g/mol. The molecule has 1 atom stereocenters. The number of aldehydes is 1. The predicted octanol–water partition coefficient (Wildman–Crippen LogP) is 2.20. The Kier molecular flexibility index (Phi) is 4.64. The second kappa shape index (κ2) is 6.00. The second-order valence-electron chi connectivity index (χ2n) is 3.68. The lowest BCUT2D eigenvalue weighted by Gasteiger charge is -2.08. The second-order valence-corrected chi connectivity index (χ2v) is 3.68. The van der Waals surface area contributed by atoms with Gasteiger partial charge < -0.3 is 4.79 Å². The molecule has 0 fully saturated rings. The highest BCUT2D eigenvalue weighted by atomic mass is 16.6. The molecule has 1 rings (SSSR count). The molecule has 0 aliphatic rings. The molecule has 0 amide bonds. The van der Waals surface area contributed by atoms with Crippen molar-refractivity contribution in [2.75, 3.05) is 6.54 Å². The minimum absolute atomic E-state index is 0.168. The SMILES string of the molecule is CCc1ccc([C@H](C=O)CC[N+](=O)[O-])cc1. The zero-order valence-corrected chi connectivity index (χ0v) is 9.26. The Balaban J connectivity index is 2.70. The van der Waals surface area contributed by atoms with Gasteiger partial charge in [-0.25, -0.2) is 0 Å². The summed E-state index contributed by atoms with van der Waals surface area (Å²) in [5.41, 5.74) is 2.05. The molecule has 4 heteroatoms. The van der Waals surface area contributed by atoms with E-state index in [4.69, 9.17) is 0 Å². The number of aryl methyl sites for hydroxylation is 1. The maximum absolute atomic E-state index is 10.8. The van der Waals surface area contributed by atoms with E-state index in [0.29, 0.717) is 0 Å². The number of hydrogen-bond donors (Lipinski definition) is 0. The fraction of sp³-hybridized carbons (Fsp3) is 0.417. The van der Waals surface area contributed by atoms with Crippen molar-refractivity contribution < 1.29 is 9.72 Å². The molecule has 0 N–H and O–H groups in total. The largest absolute Gasteiger partial charge is 0.303 e. The van der Waals surface area contributed by atoms with Gasteiger partial charge in [0.25, 0.3) is 0 Å². The summed E-state index contributed by atoms with van der Waals surface area (Å²) in [6, 6.07) is 7.66. The summed E-state index contributed by atoms with van der Waals surface area (Å²) in [4.78, 5) is 20.7. The number of rotatable bonds is 6. The first-order chi connectivity index (χ1) is 7.67. The molecule has 16 heavy (non-hydrogen) atoms. The van der Waals surface area contributed by atoms with Crippen LogP contribution in [-0.4, -0.2) is 17.8 Å². The smallest absolute Gasteiger partial charge is 0.204 e. The van der Waals surface area contributed by atoms with Gasteiger partial charge >= 0.3 is 0 Å². The summed E-state index contributed by atoms with van der Waals surface area (Å²) in [6.45, 7) is 1.89. The highest BCUT2D eigenvalue weighted by molar-refractivity contribution is 5.62. The van der Waals surface area contributed by atoms with Gasteiger partial charge in [0.1, 0.15) is 6.29 Å². The van der Waals surface area contributed by atoms with Gasteiger partial charge in [0.05, 0.1) is 0 Å². The number of nitrogens with zero attached hydrogens (tertiary/aromatic N) is 1. The van der Waals surface area contributed by atoms with Crippen molar-refractivity contribution in [1.82, 2.24) is 0 Å². The predicted molar refractivity (Wildman–Crippen MR) is 61.1 cm³/mol. The van der Waals surface area contributed by atoms with Crippen LogP contribution in [0.2, 0.25) is 0 Å². The molecule has 0 aliphatic heterocycles. The van der Waals surface area contributed by atoms with E-state index >= 15 is 0 Å². The Morgan fingerprint density at radius 1 is 1.38 bits per heavy atom. The van der Waals surface area contributed by atoms with Gasteiger partial charge in [-0.2, -0.15) is 0 Å². The van der Waals surface area contributed by atoms with E-state index in [9.17, 15) is 14.9 Å². The lowest BCUT2D eigenvalue weighted by Crippen LogP contribution is -2.08. The van der Waals surface area contributed by atoms with Crippen LogP contribution in [0.3, 0.4) is 0 Å². The normalized spacial score (nSPS) is 12.1. The number of carbonyl (C=O) groups is 1. The van der Waals surface area contributed by atoms with Crippen LogP contribution in [-0.2, 0) is 11.2 Å². The number of nitro groups is 1. The van der Waals surface area contributed by atoms with Gasteiger partial charge in [-0.05, 0) is 17.5 Å². The van der Waals surface area contributed by atoms with Gasteiger partial charge in [-0.3, -0.25) is 10.1 Å². The molecule has 1 aromatic carbocycles. The van der Waals surface area contributed by atoms with Crippen LogP contribution >= 0.6 is 0 Å². The van der Waals surface area contributed by atoms with Crippen LogP contribution < -0.4 is 0 Å². The summed E-state index contributed by atoms with van der Waals surface area (Å²) in [5, 5.41) is 10.2. The van der Waals surface area contributed by atoms with Crippen LogP contribution in [0.5, 0.6) is 0 Å². The number of carbonyl (C=O) groups excluding carboxylic acids is 1. The van der Waals surface area contributed by atoms with Crippen LogP contribution in [0.1, 0.15) is 30.4 Å². The molecule has 0 spiro atoms. The standard InChI is InChI=1S/C12H15NO3/c1-2-10-3-5-11(6-4-10)12(9-14)7-8-13(15)16/h3-6,9,12H,2,7-8H2,1H3/t12-/m0/s1. The summed E-state index contributed by atoms with van der Waals surface area (Å²) in [7, 11) is 0. The van der Waals surface area contributed by atoms with Crippen LogP contribution in [0.25, 0.3) is 0 Å². The van der Waals surface area contributed by atoms with Crippen molar-refractivity contribution in [3.8, 4) is 0 Å². The van der Waals surface area contributed by atoms with Crippen molar-refractivity contribution in [3.63, 3.8) is 0 Å². The molecule has 0 saturated heterocycles. The first kappa shape index (κ1) is 12.4. The zero-order chi connectivity index (χ0) is 12.0. The third kappa shape index (κ3) is 3.46. The number of hydrogen-bond acceptors (Lipinski definition) is 3. The summed E-state index contributed by atoms with van der Waals surface area (Å²) < 4.78 is 0. The summed E-state index contributed by atoms with van der Waals surface area (Å²) in [6.07, 6.45) is 1.99. The Morgan fingerprint density at radius 2 is 2.00 bits per heavy atom. The van der Waals surface area contributed by atoms with Gasteiger partial charge in [-0.15, -0.1) is 0 Å². The van der Waals surface area contributed by atoms with Crippen molar-refractivity contribution in [3.05, 3.63) is 45.5 Å². The molecule has 0 unspecified atom stereocenters. The van der Waals surface area contributed by atoms with Gasteiger partial charge in [0.15, 0.2) is 0 Å². The highest BCUT2D eigenvalue weighted by Crippen LogP contribution is 2.18. The van der Waals surface area contributed by atoms with E-state index in [1.54, 1.807) is 0 Å². The molecule has 4 nitrogen and oxygen atoms in total. The van der Waals surface area contributed by atoms with Crippen molar-refractivity contribution >= 4 is 6.29 Å². The average Bonchev–Trinajstić information content (AvgIpc) is 2.30. The molecule has 0 radical (unpaired) electrons. The van der Waals surface area contributed by atoms with E-state index in [1.165, 1.54) is 5.56 Å². The number of benzene rings is 1. The zero-order valence-electron chi connectivity index (χ0n) is 9.26. The van der Waals surface area contributed by atoms with Crippen LogP contribution in [0.15, 0.2) is 24.3 Å². The maximum atomic E-state index is 10.8. The lowest BCUT2D eigenvalue weighted by molar-refractivity contribution is -0.480. The molecule has 0 aliphatic carbocycles. The molecular formula is C12H15NO3. The molecular weight excluding hydrogens is 206 g/mol. The first-order valence-corrected chi connectivity index (χ1v) is 5.33. The lowest BCUT2D eigenvalue weighted by atomic mass is 9.96. The van der Waals surface area contributed by atoms with Crippen LogP contribution in [0.4, 0.5) is 0 Å². The van der Waals surface area contributed by atoms with Crippen molar-refractivity contribution in [2.24, 2.45) is 0 Å². The average molecular weight is 221 g/mol. The molecule has 0 heterocycles.